The average molecular weight is 190 g/mol. The van der Waals surface area contributed by atoms with Gasteiger partial charge in [-0.2, -0.15) is 0 Å². The number of aryl methyl sites for hydroxylation is 1. The van der Waals surface area contributed by atoms with Gasteiger partial charge in [0.2, 0.25) is 5.91 Å². The fourth-order valence-corrected chi connectivity index (χ4v) is 2.14. The molecule has 0 bridgehead atoms. The van der Waals surface area contributed by atoms with Crippen molar-refractivity contribution >= 4 is 5.91 Å². The lowest BCUT2D eigenvalue weighted by atomic mass is 9.85. The van der Waals surface area contributed by atoms with Gasteiger partial charge >= 0.3 is 0 Å². The van der Waals surface area contributed by atoms with Crippen LogP contribution in [-0.2, 0) is 6.42 Å². The Balaban J connectivity index is 2.57. The van der Waals surface area contributed by atoms with Gasteiger partial charge in [0.25, 0.3) is 0 Å². The monoisotopic (exact) mass is 190 g/mol. The number of hydrogen-bond donors (Lipinski definition) is 2. The minimum atomic E-state index is -0.376. The van der Waals surface area contributed by atoms with Crippen molar-refractivity contribution in [3.8, 4) is 0 Å². The highest BCUT2D eigenvalue weighted by Gasteiger charge is 2.21. The van der Waals surface area contributed by atoms with Crippen molar-refractivity contribution < 1.29 is 4.79 Å². The highest BCUT2D eigenvalue weighted by Crippen LogP contribution is 2.30. The Morgan fingerprint density at radius 1 is 1.43 bits per heavy atom. The number of primary amides is 1. The number of benzene rings is 1. The zero-order chi connectivity index (χ0) is 10.1. The lowest BCUT2D eigenvalue weighted by Crippen LogP contribution is -2.23. The van der Waals surface area contributed by atoms with Crippen molar-refractivity contribution in [2.24, 2.45) is 11.5 Å². The molecule has 0 aromatic heterocycles. The van der Waals surface area contributed by atoms with Crippen LogP contribution in [0.2, 0.25) is 0 Å². The summed E-state index contributed by atoms with van der Waals surface area (Å²) >= 11 is 0. The second-order valence-electron chi connectivity index (χ2n) is 3.74. The van der Waals surface area contributed by atoms with Gasteiger partial charge in [-0.1, -0.05) is 12.1 Å². The molecule has 0 heterocycles. The number of rotatable bonds is 1. The average Bonchev–Trinajstić information content (AvgIpc) is 2.17. The molecule has 2 rings (SSSR count). The molecule has 14 heavy (non-hydrogen) atoms. The summed E-state index contributed by atoms with van der Waals surface area (Å²) in [6.07, 6.45) is 3.04. The summed E-state index contributed by atoms with van der Waals surface area (Å²) in [4.78, 5) is 11.2. The van der Waals surface area contributed by atoms with Crippen LogP contribution in [0.1, 0.15) is 40.4 Å². The largest absolute Gasteiger partial charge is 0.366 e. The summed E-state index contributed by atoms with van der Waals surface area (Å²) in [6, 6.07) is 5.63. The van der Waals surface area contributed by atoms with Gasteiger partial charge < -0.3 is 11.5 Å². The molecule has 0 spiro atoms. The van der Waals surface area contributed by atoms with E-state index in [2.05, 4.69) is 0 Å². The van der Waals surface area contributed by atoms with Crippen LogP contribution in [0.5, 0.6) is 0 Å². The molecule has 0 aliphatic heterocycles. The van der Waals surface area contributed by atoms with Gasteiger partial charge in [0.05, 0.1) is 0 Å². The molecule has 1 amide bonds. The molecular formula is C11H14N2O. The van der Waals surface area contributed by atoms with Gasteiger partial charge in [0, 0.05) is 11.6 Å². The fraction of sp³-hybridized carbons (Fsp3) is 0.364. The first-order valence-electron chi connectivity index (χ1n) is 4.87. The lowest BCUT2D eigenvalue weighted by Gasteiger charge is -2.23. The summed E-state index contributed by atoms with van der Waals surface area (Å²) in [5, 5.41) is 0. The number of carbonyl (C=O) groups is 1. The molecule has 1 unspecified atom stereocenters. The maximum atomic E-state index is 11.2. The predicted molar refractivity (Wildman–Crippen MR) is 54.8 cm³/mol. The van der Waals surface area contributed by atoms with Crippen molar-refractivity contribution in [3.05, 3.63) is 34.9 Å². The van der Waals surface area contributed by atoms with Crippen molar-refractivity contribution in [2.45, 2.75) is 25.3 Å². The Hall–Kier alpha value is -1.35. The van der Waals surface area contributed by atoms with Gasteiger partial charge in [-0.3, -0.25) is 4.79 Å². The van der Waals surface area contributed by atoms with E-state index in [1.165, 1.54) is 5.56 Å². The van der Waals surface area contributed by atoms with Crippen LogP contribution in [0.3, 0.4) is 0 Å². The molecule has 1 aliphatic rings. The lowest BCUT2D eigenvalue weighted by molar-refractivity contribution is 0.0998. The summed E-state index contributed by atoms with van der Waals surface area (Å²) in [6.45, 7) is 0. The molecule has 1 atom stereocenters. The minimum Gasteiger partial charge on any atom is -0.366 e. The van der Waals surface area contributed by atoms with E-state index < -0.39 is 0 Å². The van der Waals surface area contributed by atoms with Crippen LogP contribution in [0.25, 0.3) is 0 Å². The van der Waals surface area contributed by atoms with E-state index in [-0.39, 0.29) is 11.9 Å². The van der Waals surface area contributed by atoms with E-state index in [1.54, 1.807) is 6.07 Å². The second kappa shape index (κ2) is 3.42. The first-order chi connectivity index (χ1) is 6.70. The summed E-state index contributed by atoms with van der Waals surface area (Å²) in [7, 11) is 0. The quantitative estimate of drug-likeness (QED) is 0.696. The van der Waals surface area contributed by atoms with Gasteiger partial charge in [-0.05, 0) is 36.5 Å². The van der Waals surface area contributed by atoms with Gasteiger partial charge in [-0.25, -0.2) is 0 Å². The van der Waals surface area contributed by atoms with Crippen LogP contribution in [0.4, 0.5) is 0 Å². The standard InChI is InChI=1S/C11H14N2O/c12-9-6-2-4-7-3-1-5-8(10(7)9)11(13)14/h1,3,5,9H,2,4,6,12H2,(H2,13,14). The topological polar surface area (TPSA) is 69.1 Å². The zero-order valence-electron chi connectivity index (χ0n) is 7.99. The molecule has 0 radical (unpaired) electrons. The van der Waals surface area contributed by atoms with Gasteiger partial charge in [0.15, 0.2) is 0 Å². The van der Waals surface area contributed by atoms with Crippen LogP contribution in [0, 0.1) is 0 Å². The van der Waals surface area contributed by atoms with E-state index in [0.29, 0.717) is 5.56 Å². The number of carbonyl (C=O) groups excluding carboxylic acids is 1. The summed E-state index contributed by atoms with van der Waals surface area (Å²) in [5.41, 5.74) is 14.0. The number of amides is 1. The molecule has 4 N–H and O–H groups in total. The maximum Gasteiger partial charge on any atom is 0.249 e. The smallest absolute Gasteiger partial charge is 0.249 e. The first kappa shape index (κ1) is 9.21. The number of fused-ring (bicyclic) bond motifs is 1. The number of hydrogen-bond acceptors (Lipinski definition) is 2. The third-order valence-electron chi connectivity index (χ3n) is 2.79. The molecular weight excluding hydrogens is 176 g/mol. The van der Waals surface area contributed by atoms with Crippen LogP contribution in [-0.4, -0.2) is 5.91 Å². The Morgan fingerprint density at radius 2 is 2.21 bits per heavy atom. The van der Waals surface area contributed by atoms with Crippen molar-refractivity contribution in [1.29, 1.82) is 0 Å². The minimum absolute atomic E-state index is 0.0255. The van der Waals surface area contributed by atoms with E-state index in [1.807, 2.05) is 12.1 Å². The van der Waals surface area contributed by atoms with E-state index in [9.17, 15) is 4.79 Å². The van der Waals surface area contributed by atoms with Gasteiger partial charge in [0.1, 0.15) is 0 Å². The van der Waals surface area contributed by atoms with E-state index >= 15 is 0 Å². The Labute approximate surface area is 83.1 Å². The first-order valence-corrected chi connectivity index (χ1v) is 4.87. The van der Waals surface area contributed by atoms with Crippen molar-refractivity contribution in [3.63, 3.8) is 0 Å². The molecule has 3 nitrogen and oxygen atoms in total. The Kier molecular flexibility index (Phi) is 2.25. The summed E-state index contributed by atoms with van der Waals surface area (Å²) in [5.74, 6) is -0.376. The third kappa shape index (κ3) is 1.40. The Bertz CT molecular complexity index is 374. The van der Waals surface area contributed by atoms with Crippen LogP contribution >= 0.6 is 0 Å². The summed E-state index contributed by atoms with van der Waals surface area (Å²) < 4.78 is 0. The van der Waals surface area contributed by atoms with Crippen LogP contribution in [0.15, 0.2) is 18.2 Å². The SMILES string of the molecule is NC(=O)c1cccc2c1C(N)CCC2. The van der Waals surface area contributed by atoms with Crippen molar-refractivity contribution in [2.75, 3.05) is 0 Å². The molecule has 1 aliphatic carbocycles. The van der Waals surface area contributed by atoms with Gasteiger partial charge in [-0.15, -0.1) is 0 Å². The molecule has 3 heteroatoms. The molecule has 74 valence electrons. The highest BCUT2D eigenvalue weighted by atomic mass is 16.1. The Morgan fingerprint density at radius 3 is 2.93 bits per heavy atom. The predicted octanol–water partition coefficient (Wildman–Crippen LogP) is 1.12. The third-order valence-corrected chi connectivity index (χ3v) is 2.79. The molecule has 1 aromatic carbocycles. The molecule has 1 aromatic rings. The highest BCUT2D eigenvalue weighted by molar-refractivity contribution is 5.94. The van der Waals surface area contributed by atoms with Crippen LogP contribution < -0.4 is 11.5 Å². The molecule has 0 saturated heterocycles. The molecule has 0 fully saturated rings. The molecule has 0 saturated carbocycles. The normalized spacial score (nSPS) is 20.2. The maximum absolute atomic E-state index is 11.2. The second-order valence-corrected chi connectivity index (χ2v) is 3.74. The van der Waals surface area contributed by atoms with Crippen molar-refractivity contribution in [1.82, 2.24) is 0 Å². The number of nitrogens with two attached hydrogens (primary N) is 2. The van der Waals surface area contributed by atoms with E-state index in [0.717, 1.165) is 24.8 Å². The fourth-order valence-electron chi connectivity index (χ4n) is 2.14. The van der Waals surface area contributed by atoms with E-state index in [4.69, 9.17) is 11.5 Å². The zero-order valence-corrected chi connectivity index (χ0v) is 7.99.